The van der Waals surface area contributed by atoms with E-state index in [0.29, 0.717) is 23.8 Å². The number of aromatic nitrogens is 6. The monoisotopic (exact) mass is 273 g/mol. The normalized spacial score (nSPS) is 11.1. The van der Waals surface area contributed by atoms with Crippen LogP contribution in [-0.4, -0.2) is 35.7 Å². The van der Waals surface area contributed by atoms with Gasteiger partial charge in [0.2, 0.25) is 0 Å². The number of H-pyrrole nitrogens is 1. The van der Waals surface area contributed by atoms with E-state index in [2.05, 4.69) is 25.5 Å². The molecule has 3 aromatic rings. The lowest BCUT2D eigenvalue weighted by atomic mass is 10.4. The molecule has 3 rings (SSSR count). The predicted octanol–water partition coefficient (Wildman–Crippen LogP) is 0.114. The summed E-state index contributed by atoms with van der Waals surface area (Å²) in [5.74, 6) is 2.30. The molecular weight excluding hydrogens is 258 g/mol. The van der Waals surface area contributed by atoms with E-state index in [1.807, 2.05) is 17.8 Å². The quantitative estimate of drug-likeness (QED) is 0.704. The van der Waals surface area contributed by atoms with E-state index >= 15 is 0 Å². The number of fused-ring (bicyclic) bond motifs is 1. The summed E-state index contributed by atoms with van der Waals surface area (Å²) in [5, 5.41) is 9.57. The number of anilines is 1. The van der Waals surface area contributed by atoms with Crippen LogP contribution in [0.25, 0.3) is 5.65 Å². The second kappa shape index (κ2) is 4.80. The minimum absolute atomic E-state index is 0.274. The van der Waals surface area contributed by atoms with Crippen molar-refractivity contribution in [3.05, 3.63) is 40.6 Å². The number of rotatable bonds is 4. The molecule has 8 nitrogen and oxygen atoms in total. The molecule has 3 heterocycles. The first-order chi connectivity index (χ1) is 9.65. The molecule has 0 aliphatic carbocycles. The standard InChI is InChI=1S/C12H15N7O/c1-8-15-9(7-11-16-17-12(20)19(8)11)13-4-3-10-14-5-6-18(10)2/h5-7,13H,3-4H2,1-2H3,(H,17,20). The van der Waals surface area contributed by atoms with Crippen LogP contribution in [0.15, 0.2) is 23.3 Å². The first-order valence-electron chi connectivity index (χ1n) is 6.30. The molecule has 0 saturated carbocycles. The Balaban J connectivity index is 1.75. The number of hydrogen-bond donors (Lipinski definition) is 2. The van der Waals surface area contributed by atoms with Crippen LogP contribution in [0.3, 0.4) is 0 Å². The summed E-state index contributed by atoms with van der Waals surface area (Å²) in [7, 11) is 1.97. The van der Waals surface area contributed by atoms with Crippen molar-refractivity contribution in [2.24, 2.45) is 7.05 Å². The Labute approximate surface area is 114 Å². The van der Waals surface area contributed by atoms with Crippen molar-refractivity contribution >= 4 is 11.5 Å². The maximum absolute atomic E-state index is 11.5. The van der Waals surface area contributed by atoms with E-state index in [-0.39, 0.29) is 5.69 Å². The van der Waals surface area contributed by atoms with E-state index < -0.39 is 0 Å². The first kappa shape index (κ1) is 12.4. The zero-order valence-corrected chi connectivity index (χ0v) is 11.3. The van der Waals surface area contributed by atoms with Crippen LogP contribution in [-0.2, 0) is 13.5 Å². The highest BCUT2D eigenvalue weighted by atomic mass is 16.1. The third-order valence-corrected chi connectivity index (χ3v) is 3.15. The largest absolute Gasteiger partial charge is 0.369 e. The summed E-state index contributed by atoms with van der Waals surface area (Å²) < 4.78 is 3.42. The summed E-state index contributed by atoms with van der Waals surface area (Å²) in [6.07, 6.45) is 4.49. The number of imidazole rings is 1. The van der Waals surface area contributed by atoms with Crippen LogP contribution < -0.4 is 11.0 Å². The zero-order chi connectivity index (χ0) is 14.1. The molecule has 0 aliphatic heterocycles. The Morgan fingerprint density at radius 3 is 3.05 bits per heavy atom. The summed E-state index contributed by atoms with van der Waals surface area (Å²) in [5.41, 5.74) is 0.284. The Morgan fingerprint density at radius 2 is 2.30 bits per heavy atom. The molecule has 0 saturated heterocycles. The number of aromatic amines is 1. The van der Waals surface area contributed by atoms with E-state index in [9.17, 15) is 4.79 Å². The van der Waals surface area contributed by atoms with Gasteiger partial charge in [-0.3, -0.25) is 0 Å². The summed E-state index contributed by atoms with van der Waals surface area (Å²) in [4.78, 5) is 20.1. The van der Waals surface area contributed by atoms with Gasteiger partial charge in [0.25, 0.3) is 0 Å². The Hall–Kier alpha value is -2.64. The average molecular weight is 273 g/mol. The van der Waals surface area contributed by atoms with Gasteiger partial charge in [-0.2, -0.15) is 5.10 Å². The zero-order valence-electron chi connectivity index (χ0n) is 11.3. The SMILES string of the molecule is Cc1nc(NCCc2nccn2C)cc2n[nH]c(=O)n12. The minimum Gasteiger partial charge on any atom is -0.369 e. The van der Waals surface area contributed by atoms with Crippen LogP contribution in [0, 0.1) is 6.92 Å². The molecule has 0 atom stereocenters. The van der Waals surface area contributed by atoms with Crippen molar-refractivity contribution < 1.29 is 0 Å². The van der Waals surface area contributed by atoms with E-state index in [0.717, 1.165) is 12.2 Å². The lowest BCUT2D eigenvalue weighted by Crippen LogP contribution is -2.15. The van der Waals surface area contributed by atoms with Gasteiger partial charge in [-0.05, 0) is 6.92 Å². The first-order valence-corrected chi connectivity index (χ1v) is 6.30. The van der Waals surface area contributed by atoms with Gasteiger partial charge in [0, 0.05) is 38.5 Å². The van der Waals surface area contributed by atoms with Crippen molar-refractivity contribution in [2.45, 2.75) is 13.3 Å². The molecule has 0 bridgehead atoms. The Bertz CT molecular complexity index is 798. The lowest BCUT2D eigenvalue weighted by Gasteiger charge is -2.07. The van der Waals surface area contributed by atoms with Gasteiger partial charge >= 0.3 is 5.69 Å². The van der Waals surface area contributed by atoms with Crippen molar-refractivity contribution in [2.75, 3.05) is 11.9 Å². The fourth-order valence-electron chi connectivity index (χ4n) is 2.13. The van der Waals surface area contributed by atoms with Gasteiger partial charge in [0.1, 0.15) is 17.5 Å². The van der Waals surface area contributed by atoms with Crippen molar-refractivity contribution in [1.82, 2.24) is 29.1 Å². The van der Waals surface area contributed by atoms with Crippen LogP contribution in [0.2, 0.25) is 0 Å². The highest BCUT2D eigenvalue weighted by molar-refractivity contribution is 5.49. The second-order valence-electron chi connectivity index (χ2n) is 4.54. The molecule has 0 fully saturated rings. The fraction of sp³-hybridized carbons (Fsp3) is 0.333. The molecule has 20 heavy (non-hydrogen) atoms. The number of aryl methyl sites for hydroxylation is 2. The summed E-state index contributed by atoms with van der Waals surface area (Å²) >= 11 is 0. The Kier molecular flexibility index (Phi) is 2.97. The third kappa shape index (κ3) is 2.15. The second-order valence-corrected chi connectivity index (χ2v) is 4.54. The van der Waals surface area contributed by atoms with Crippen molar-refractivity contribution in [3.8, 4) is 0 Å². The maximum Gasteiger partial charge on any atom is 0.349 e. The molecule has 0 aromatic carbocycles. The van der Waals surface area contributed by atoms with Gasteiger partial charge < -0.3 is 9.88 Å². The van der Waals surface area contributed by atoms with Crippen molar-refractivity contribution in [3.63, 3.8) is 0 Å². The van der Waals surface area contributed by atoms with Crippen LogP contribution >= 0.6 is 0 Å². The Morgan fingerprint density at radius 1 is 1.45 bits per heavy atom. The average Bonchev–Trinajstić information content (AvgIpc) is 2.97. The molecule has 0 amide bonds. The number of nitrogens with zero attached hydrogens (tertiary/aromatic N) is 5. The minimum atomic E-state index is -0.274. The van der Waals surface area contributed by atoms with Gasteiger partial charge in [-0.25, -0.2) is 24.3 Å². The van der Waals surface area contributed by atoms with E-state index in [4.69, 9.17) is 0 Å². The molecule has 104 valence electrons. The maximum atomic E-state index is 11.5. The van der Waals surface area contributed by atoms with Gasteiger partial charge in [0.05, 0.1) is 0 Å². The smallest absolute Gasteiger partial charge is 0.349 e. The van der Waals surface area contributed by atoms with Crippen molar-refractivity contribution in [1.29, 1.82) is 0 Å². The van der Waals surface area contributed by atoms with Gasteiger partial charge in [0.15, 0.2) is 5.65 Å². The molecule has 0 aliphatic rings. The van der Waals surface area contributed by atoms with Crippen LogP contribution in [0.5, 0.6) is 0 Å². The van der Waals surface area contributed by atoms with E-state index in [1.54, 1.807) is 19.2 Å². The van der Waals surface area contributed by atoms with E-state index in [1.165, 1.54) is 4.40 Å². The van der Waals surface area contributed by atoms with Gasteiger partial charge in [-0.15, -0.1) is 0 Å². The molecule has 0 spiro atoms. The fourth-order valence-corrected chi connectivity index (χ4v) is 2.13. The third-order valence-electron chi connectivity index (χ3n) is 3.15. The number of nitrogens with one attached hydrogen (secondary N) is 2. The highest BCUT2D eigenvalue weighted by Gasteiger charge is 2.06. The summed E-state index contributed by atoms with van der Waals surface area (Å²) in [6, 6.07) is 1.74. The van der Waals surface area contributed by atoms with Gasteiger partial charge in [-0.1, -0.05) is 0 Å². The molecule has 2 N–H and O–H groups in total. The molecule has 0 radical (unpaired) electrons. The lowest BCUT2D eigenvalue weighted by molar-refractivity contribution is 0.787. The van der Waals surface area contributed by atoms with Crippen LogP contribution in [0.1, 0.15) is 11.6 Å². The highest BCUT2D eigenvalue weighted by Crippen LogP contribution is 2.08. The molecule has 8 heteroatoms. The topological polar surface area (TPSA) is 92.9 Å². The molecular formula is C12H15N7O. The van der Waals surface area contributed by atoms with Crippen LogP contribution in [0.4, 0.5) is 5.82 Å². The molecule has 3 aromatic heterocycles. The number of hydrogen-bond acceptors (Lipinski definition) is 5. The summed E-state index contributed by atoms with van der Waals surface area (Å²) in [6.45, 7) is 2.48. The predicted molar refractivity (Wildman–Crippen MR) is 73.7 cm³/mol. The molecule has 0 unspecified atom stereocenters.